The van der Waals surface area contributed by atoms with Crippen LogP contribution in [0.4, 0.5) is 0 Å². The van der Waals surface area contributed by atoms with Gasteiger partial charge in [0.25, 0.3) is 0 Å². The molecule has 0 aliphatic carbocycles. The van der Waals surface area contributed by atoms with Crippen LogP contribution >= 0.6 is 0 Å². The van der Waals surface area contributed by atoms with Crippen LogP contribution in [0, 0.1) is 5.92 Å². The van der Waals surface area contributed by atoms with Crippen LogP contribution in [-0.2, 0) is 9.59 Å². The summed E-state index contributed by atoms with van der Waals surface area (Å²) >= 11 is 0. The van der Waals surface area contributed by atoms with Crippen molar-refractivity contribution in [3.63, 3.8) is 0 Å². The molecule has 0 aliphatic rings. The summed E-state index contributed by atoms with van der Waals surface area (Å²) in [7, 11) is 0. The summed E-state index contributed by atoms with van der Waals surface area (Å²) in [6, 6.07) is 0. The van der Waals surface area contributed by atoms with Crippen molar-refractivity contribution in [3.8, 4) is 0 Å². The largest absolute Gasteiger partial charge is 1.00 e. The van der Waals surface area contributed by atoms with Crippen molar-refractivity contribution < 1.29 is 123 Å². The number of carboxylic acid groups (broad SMARTS) is 2. The monoisotopic (exact) mass is 486 g/mol. The number of rotatable bonds is 22. The maximum absolute atomic E-state index is 10.8. The molecule has 0 fully saturated rings. The molecule has 0 amide bonds. The molecule has 0 aromatic rings. The van der Waals surface area contributed by atoms with Crippen LogP contribution in [0.1, 0.15) is 129 Å². The molecule has 6 heteroatoms. The van der Waals surface area contributed by atoms with Gasteiger partial charge in [-0.25, -0.2) is 0 Å². The predicted molar refractivity (Wildman–Crippen MR) is 116 cm³/mol. The van der Waals surface area contributed by atoms with Crippen molar-refractivity contribution in [3.05, 3.63) is 12.2 Å². The van der Waals surface area contributed by atoms with E-state index < -0.39 is 24.3 Å². The average Bonchev–Trinajstić information content (AvgIpc) is 2.68. The normalized spacial score (nSPS) is 11.6. The van der Waals surface area contributed by atoms with E-state index >= 15 is 0 Å². The van der Waals surface area contributed by atoms with Crippen molar-refractivity contribution in [1.82, 2.24) is 0 Å². The van der Waals surface area contributed by atoms with E-state index in [1.54, 1.807) is 6.08 Å². The maximum Gasteiger partial charge on any atom is 1.00 e. The first-order valence-electron chi connectivity index (χ1n) is 12.1. The quantitative estimate of drug-likeness (QED) is 0.113. The van der Waals surface area contributed by atoms with Gasteiger partial charge in [-0.3, -0.25) is 0 Å². The third-order valence-electron chi connectivity index (χ3n) is 5.53. The number of hydrogen-bond acceptors (Lipinski definition) is 4. The van der Waals surface area contributed by atoms with Crippen LogP contribution in [-0.4, -0.2) is 11.9 Å². The third kappa shape index (κ3) is 29.9. The Morgan fingerprint density at radius 1 is 0.645 bits per heavy atom. The van der Waals surface area contributed by atoms with Gasteiger partial charge in [0.1, 0.15) is 0 Å². The summed E-state index contributed by atoms with van der Waals surface area (Å²) in [5, 5.41) is 21.3. The molecule has 0 bridgehead atoms. The zero-order chi connectivity index (χ0) is 21.6. The van der Waals surface area contributed by atoms with E-state index in [1.807, 2.05) is 0 Å². The molecule has 0 saturated heterocycles. The number of unbranched alkanes of at least 4 members (excludes halogenated alkanes) is 17. The second-order valence-corrected chi connectivity index (χ2v) is 8.38. The van der Waals surface area contributed by atoms with Crippen molar-refractivity contribution in [1.29, 1.82) is 0 Å². The molecule has 0 N–H and O–H groups in total. The van der Waals surface area contributed by atoms with E-state index in [0.717, 1.165) is 19.3 Å². The predicted octanol–water partition coefficient (Wildman–Crippen LogP) is -0.902. The second kappa shape index (κ2) is 30.0. The summed E-state index contributed by atoms with van der Waals surface area (Å²) in [5.74, 6) is -3.79. The maximum atomic E-state index is 10.8. The van der Waals surface area contributed by atoms with Gasteiger partial charge >= 0.3 is 103 Å². The fourth-order valence-corrected chi connectivity index (χ4v) is 3.66. The molecular formula is C25H44K2O4. The summed E-state index contributed by atoms with van der Waals surface area (Å²) < 4.78 is 0. The Morgan fingerprint density at radius 3 is 1.32 bits per heavy atom. The number of carbonyl (C=O) groups is 2. The average molecular weight is 487 g/mol. The number of allylic oxidation sites excluding steroid dienone is 1. The fraction of sp³-hybridized carbons (Fsp3) is 0.840. The molecule has 170 valence electrons. The summed E-state index contributed by atoms with van der Waals surface area (Å²) in [5.41, 5.74) is 0. The molecule has 0 spiro atoms. The Kier molecular flexibility index (Phi) is 36.3. The van der Waals surface area contributed by atoms with Gasteiger partial charge in [0.2, 0.25) is 0 Å². The molecule has 0 heterocycles. The first-order chi connectivity index (χ1) is 14.1. The second-order valence-electron chi connectivity index (χ2n) is 8.38. The van der Waals surface area contributed by atoms with Crippen molar-refractivity contribution in [2.45, 2.75) is 129 Å². The Labute approximate surface area is 277 Å². The number of carbonyl (C=O) groups excluding carboxylic acids is 2. The molecule has 31 heavy (non-hydrogen) atoms. The summed E-state index contributed by atoms with van der Waals surface area (Å²) in [6.45, 7) is 2.27. The first kappa shape index (κ1) is 37.5. The smallest absolute Gasteiger partial charge is 0.550 e. The minimum Gasteiger partial charge on any atom is -0.550 e. The molecule has 0 rings (SSSR count). The summed E-state index contributed by atoms with van der Waals surface area (Å²) in [6.07, 6.45) is 26.1. The van der Waals surface area contributed by atoms with E-state index in [0.29, 0.717) is 0 Å². The van der Waals surface area contributed by atoms with Crippen molar-refractivity contribution in [2.24, 2.45) is 5.92 Å². The molecule has 0 aromatic carbocycles. The van der Waals surface area contributed by atoms with E-state index in [2.05, 4.69) is 6.92 Å². The Hall–Kier alpha value is 1.95. The van der Waals surface area contributed by atoms with Gasteiger partial charge in [0, 0.05) is 17.9 Å². The summed E-state index contributed by atoms with van der Waals surface area (Å²) in [4.78, 5) is 21.3. The molecule has 0 aromatic heterocycles. The van der Waals surface area contributed by atoms with Crippen LogP contribution < -0.4 is 113 Å². The van der Waals surface area contributed by atoms with E-state index in [1.165, 1.54) is 102 Å². The van der Waals surface area contributed by atoms with Crippen LogP contribution in [0.3, 0.4) is 0 Å². The molecule has 1 unspecified atom stereocenters. The molecule has 0 saturated carbocycles. The van der Waals surface area contributed by atoms with Gasteiger partial charge in [-0.1, -0.05) is 122 Å². The van der Waals surface area contributed by atoms with Crippen molar-refractivity contribution >= 4 is 11.9 Å². The topological polar surface area (TPSA) is 80.3 Å². The SMILES string of the molecule is CCCCCCCCCCCCCCCCCCC/C=C/C(CC(=O)[O-])C(=O)[O-].[K+].[K+]. The van der Waals surface area contributed by atoms with Gasteiger partial charge in [-0.2, -0.15) is 0 Å². The molecule has 0 aliphatic heterocycles. The zero-order valence-corrected chi connectivity index (χ0v) is 27.0. The van der Waals surface area contributed by atoms with Gasteiger partial charge in [0.15, 0.2) is 0 Å². The van der Waals surface area contributed by atoms with E-state index in [9.17, 15) is 19.8 Å². The van der Waals surface area contributed by atoms with Gasteiger partial charge < -0.3 is 19.8 Å². The van der Waals surface area contributed by atoms with Crippen LogP contribution in [0.25, 0.3) is 0 Å². The fourth-order valence-electron chi connectivity index (χ4n) is 3.66. The Morgan fingerprint density at radius 2 is 1.00 bits per heavy atom. The zero-order valence-electron chi connectivity index (χ0n) is 20.8. The Balaban J connectivity index is -0.00000392. The molecule has 4 nitrogen and oxygen atoms in total. The van der Waals surface area contributed by atoms with Crippen LogP contribution in [0.15, 0.2) is 12.2 Å². The van der Waals surface area contributed by atoms with E-state index in [4.69, 9.17) is 0 Å². The molecular weight excluding hydrogens is 442 g/mol. The van der Waals surface area contributed by atoms with E-state index in [-0.39, 0.29) is 103 Å². The van der Waals surface area contributed by atoms with Gasteiger partial charge in [-0.15, -0.1) is 0 Å². The minimum atomic E-state index is -1.36. The Bertz CT molecular complexity index is 428. The third-order valence-corrected chi connectivity index (χ3v) is 5.53. The molecule has 0 radical (unpaired) electrons. The van der Waals surface area contributed by atoms with Gasteiger partial charge in [-0.05, 0) is 19.3 Å². The standard InChI is InChI=1S/C25H46O4.2K/c1-2-3-4-5-6-7-8-9-10-11-12-13-14-15-16-17-18-19-20-21-23(25(28)29)22-24(26)27;;/h20-21,23H,2-19,22H2,1H3,(H,26,27)(H,28,29);;/q;2*+1/p-2/b21-20+;;. The minimum absolute atomic E-state index is 0. The molecule has 1 atom stereocenters. The number of aliphatic carboxylic acids is 2. The number of hydrogen-bond donors (Lipinski definition) is 0. The van der Waals surface area contributed by atoms with Gasteiger partial charge in [0.05, 0.1) is 0 Å². The van der Waals surface area contributed by atoms with Crippen LogP contribution in [0.2, 0.25) is 0 Å². The van der Waals surface area contributed by atoms with Crippen LogP contribution in [0.5, 0.6) is 0 Å². The number of carboxylic acids is 2. The first-order valence-corrected chi connectivity index (χ1v) is 12.1. The van der Waals surface area contributed by atoms with Crippen molar-refractivity contribution in [2.75, 3.05) is 0 Å².